The first-order valence-corrected chi connectivity index (χ1v) is 11.1. The number of anilines is 2. The molecule has 1 heterocycles. The third kappa shape index (κ3) is 7.42. The number of unbranched alkanes of at least 4 members (excludes halogenated alkanes) is 1. The maximum atomic E-state index is 12.1. The van der Waals surface area contributed by atoms with Crippen LogP contribution in [0.3, 0.4) is 0 Å². The summed E-state index contributed by atoms with van der Waals surface area (Å²) in [4.78, 5) is 10.3. The number of aromatic nitrogens is 2. The van der Waals surface area contributed by atoms with Gasteiger partial charge in [-0.15, -0.1) is 0 Å². The van der Waals surface area contributed by atoms with Gasteiger partial charge in [0, 0.05) is 5.75 Å². The predicted molar refractivity (Wildman–Crippen MR) is 104 cm³/mol. The van der Waals surface area contributed by atoms with E-state index >= 15 is 0 Å². The smallest absolute Gasteiger partial charge is 0.232 e. The minimum absolute atomic E-state index is 0.0358. The van der Waals surface area contributed by atoms with Crippen molar-refractivity contribution in [1.82, 2.24) is 15.6 Å². The summed E-state index contributed by atoms with van der Waals surface area (Å²) in [5, 5.41) is 6.74. The van der Waals surface area contributed by atoms with Gasteiger partial charge in [-0.25, -0.2) is 8.42 Å². The number of benzene rings is 1. The van der Waals surface area contributed by atoms with Gasteiger partial charge in [0.15, 0.2) is 8.29 Å². The van der Waals surface area contributed by atoms with Crippen molar-refractivity contribution in [2.75, 3.05) is 21.7 Å². The van der Waals surface area contributed by atoms with Crippen LogP contribution >= 0.6 is 35.3 Å². The lowest BCUT2D eigenvalue weighted by Gasteiger charge is -2.10. The molecule has 0 atom stereocenters. The summed E-state index contributed by atoms with van der Waals surface area (Å²) in [7, 11) is -3.43. The molecule has 2 rings (SSSR count). The largest absolute Gasteiger partial charge is 0.299 e. The third-order valence-corrected chi connectivity index (χ3v) is 6.55. The number of amides is 1. The second kappa shape index (κ2) is 9.75. The molecule has 0 aliphatic carbocycles. The molecule has 0 saturated carbocycles. The minimum atomic E-state index is -3.43. The van der Waals surface area contributed by atoms with Crippen molar-refractivity contribution in [3.8, 4) is 0 Å². The topological polar surface area (TPSA) is 116 Å². The van der Waals surface area contributed by atoms with E-state index in [1.54, 1.807) is 36.0 Å². The van der Waals surface area contributed by atoms with Crippen molar-refractivity contribution in [1.29, 1.82) is 0 Å². The van der Waals surface area contributed by atoms with Gasteiger partial charge in [-0.05, 0) is 43.3 Å². The average Bonchev–Trinajstić information content (AvgIpc) is 2.98. The maximum Gasteiger partial charge on any atom is 0.232 e. The van der Waals surface area contributed by atoms with Crippen molar-refractivity contribution < 1.29 is 13.2 Å². The normalized spacial score (nSPS) is 11.0. The molecule has 1 amide bonds. The highest BCUT2D eigenvalue weighted by Gasteiger charge is 2.10. The first-order chi connectivity index (χ1) is 12.0. The molecule has 12 heteroatoms. The maximum absolute atomic E-state index is 12.1. The standard InChI is InChI=1S/C13H17N5O3S4/c19-9-14-15-10-4-3-5-11(8-10)18-25(20,21)7-2-1-6-23-13-17-16-12(22)24-13/h3-5,8-9,15,18H,1-2,6-7H2,(H,14,19)(H,16,22). The van der Waals surface area contributed by atoms with Crippen LogP contribution in [-0.4, -0.2) is 36.5 Å². The number of thioether (sulfide) groups is 1. The molecule has 25 heavy (non-hydrogen) atoms. The number of hydrogen-bond acceptors (Lipinski definition) is 8. The molecular weight excluding hydrogens is 402 g/mol. The molecule has 0 saturated heterocycles. The van der Waals surface area contributed by atoms with Crippen molar-refractivity contribution >= 4 is 63.1 Å². The van der Waals surface area contributed by atoms with E-state index in [1.165, 1.54) is 11.3 Å². The van der Waals surface area contributed by atoms with Crippen LogP contribution in [0, 0.1) is 3.95 Å². The Hall–Kier alpha value is -1.63. The molecule has 136 valence electrons. The van der Waals surface area contributed by atoms with Crippen LogP contribution in [0.5, 0.6) is 0 Å². The summed E-state index contributed by atoms with van der Waals surface area (Å²) >= 11 is 7.92. The molecule has 1 aromatic heterocycles. The number of rotatable bonds is 11. The molecule has 0 spiro atoms. The molecule has 1 aromatic carbocycles. The molecule has 0 radical (unpaired) electrons. The van der Waals surface area contributed by atoms with E-state index in [0.29, 0.717) is 28.2 Å². The first kappa shape index (κ1) is 19.7. The summed E-state index contributed by atoms with van der Waals surface area (Å²) < 4.78 is 28.3. The van der Waals surface area contributed by atoms with Crippen LogP contribution in [0.25, 0.3) is 0 Å². The predicted octanol–water partition coefficient (Wildman–Crippen LogP) is 2.59. The number of sulfonamides is 1. The van der Waals surface area contributed by atoms with Gasteiger partial charge in [-0.3, -0.25) is 25.5 Å². The van der Waals surface area contributed by atoms with Gasteiger partial charge in [-0.2, -0.15) is 5.10 Å². The van der Waals surface area contributed by atoms with Crippen LogP contribution in [-0.2, 0) is 14.8 Å². The highest BCUT2D eigenvalue weighted by atomic mass is 32.2. The number of carbonyl (C=O) groups excluding carboxylic acids is 1. The SMILES string of the molecule is O=CNNc1cccc(NS(=O)(=O)CCCCSc2n[nH]c(=S)s2)c1. The summed E-state index contributed by atoms with van der Waals surface area (Å²) in [6.07, 6.45) is 1.79. The second-order valence-electron chi connectivity index (χ2n) is 4.82. The minimum Gasteiger partial charge on any atom is -0.299 e. The lowest BCUT2D eigenvalue weighted by atomic mass is 10.3. The van der Waals surface area contributed by atoms with E-state index in [-0.39, 0.29) is 5.75 Å². The summed E-state index contributed by atoms with van der Waals surface area (Å²) in [5.74, 6) is 0.816. The third-order valence-electron chi connectivity index (χ3n) is 2.86. The molecule has 0 unspecified atom stereocenters. The number of carbonyl (C=O) groups is 1. The summed E-state index contributed by atoms with van der Waals surface area (Å²) in [6, 6.07) is 6.62. The second-order valence-corrected chi connectivity index (χ2v) is 9.67. The fraction of sp³-hybridized carbons (Fsp3) is 0.308. The molecule has 2 aromatic rings. The zero-order chi connectivity index (χ0) is 18.1. The highest BCUT2D eigenvalue weighted by Crippen LogP contribution is 2.21. The van der Waals surface area contributed by atoms with Gasteiger partial charge >= 0.3 is 0 Å². The molecule has 8 nitrogen and oxygen atoms in total. The quantitative estimate of drug-likeness (QED) is 0.145. The molecule has 0 fully saturated rings. The first-order valence-electron chi connectivity index (χ1n) is 7.22. The van der Waals surface area contributed by atoms with E-state index in [2.05, 4.69) is 25.8 Å². The molecule has 0 bridgehead atoms. The van der Waals surface area contributed by atoms with Crippen molar-refractivity contribution in [2.45, 2.75) is 17.2 Å². The number of nitrogens with one attached hydrogen (secondary N) is 4. The van der Waals surface area contributed by atoms with Crippen LogP contribution in [0.1, 0.15) is 12.8 Å². The number of aromatic amines is 1. The van der Waals surface area contributed by atoms with E-state index in [4.69, 9.17) is 12.2 Å². The van der Waals surface area contributed by atoms with E-state index < -0.39 is 10.0 Å². The summed E-state index contributed by atoms with van der Waals surface area (Å²) in [6.45, 7) is 0. The van der Waals surface area contributed by atoms with E-state index in [1.807, 2.05) is 0 Å². The number of nitrogens with zero attached hydrogens (tertiary/aromatic N) is 1. The van der Waals surface area contributed by atoms with Crippen LogP contribution in [0.4, 0.5) is 11.4 Å². The Labute approximate surface area is 158 Å². The van der Waals surface area contributed by atoms with Gasteiger partial charge in [-0.1, -0.05) is 29.2 Å². The van der Waals surface area contributed by atoms with Gasteiger partial charge in [0.2, 0.25) is 16.4 Å². The van der Waals surface area contributed by atoms with Gasteiger partial charge in [0.1, 0.15) is 0 Å². The fourth-order valence-corrected chi connectivity index (χ4v) is 5.16. The highest BCUT2D eigenvalue weighted by molar-refractivity contribution is 8.01. The van der Waals surface area contributed by atoms with Crippen LogP contribution < -0.4 is 15.6 Å². The van der Waals surface area contributed by atoms with E-state index in [0.717, 1.165) is 16.5 Å². The Kier molecular flexibility index (Phi) is 7.68. The lowest BCUT2D eigenvalue weighted by molar-refractivity contribution is -0.109. The Morgan fingerprint density at radius 2 is 2.12 bits per heavy atom. The van der Waals surface area contributed by atoms with Crippen molar-refractivity contribution in [2.24, 2.45) is 0 Å². The lowest BCUT2D eigenvalue weighted by Crippen LogP contribution is -2.20. The van der Waals surface area contributed by atoms with E-state index in [9.17, 15) is 13.2 Å². The summed E-state index contributed by atoms with van der Waals surface area (Å²) in [5.41, 5.74) is 5.93. The zero-order valence-corrected chi connectivity index (χ0v) is 16.3. The Morgan fingerprint density at radius 3 is 2.84 bits per heavy atom. The van der Waals surface area contributed by atoms with Gasteiger partial charge in [0.05, 0.1) is 17.1 Å². The fourth-order valence-electron chi connectivity index (χ4n) is 1.84. The van der Waals surface area contributed by atoms with Crippen LogP contribution in [0.15, 0.2) is 28.6 Å². The average molecular weight is 420 g/mol. The molecular formula is C13H17N5O3S4. The van der Waals surface area contributed by atoms with Crippen molar-refractivity contribution in [3.05, 3.63) is 28.2 Å². The number of hydrazine groups is 1. The number of H-pyrrole nitrogens is 1. The molecule has 0 aliphatic heterocycles. The van der Waals surface area contributed by atoms with Gasteiger partial charge < -0.3 is 0 Å². The Bertz CT molecular complexity index is 849. The Balaban J connectivity index is 1.75. The molecule has 4 N–H and O–H groups in total. The zero-order valence-electron chi connectivity index (χ0n) is 13.0. The van der Waals surface area contributed by atoms with Crippen LogP contribution in [0.2, 0.25) is 0 Å². The molecule has 0 aliphatic rings. The Morgan fingerprint density at radius 1 is 1.32 bits per heavy atom. The van der Waals surface area contributed by atoms with Crippen molar-refractivity contribution in [3.63, 3.8) is 0 Å². The monoisotopic (exact) mass is 419 g/mol. The van der Waals surface area contributed by atoms with Gasteiger partial charge in [0.25, 0.3) is 0 Å². The number of hydrogen-bond donors (Lipinski definition) is 4.